The summed E-state index contributed by atoms with van der Waals surface area (Å²) in [4.78, 5) is 7.01. The first kappa shape index (κ1) is 23.1. The van der Waals surface area contributed by atoms with Gasteiger partial charge in [-0.05, 0) is 51.1 Å². The molecule has 0 aliphatic heterocycles. The van der Waals surface area contributed by atoms with Gasteiger partial charge in [-0.25, -0.2) is 4.99 Å². The van der Waals surface area contributed by atoms with Crippen LogP contribution in [0.25, 0.3) is 0 Å². The number of hydrogen-bond acceptors (Lipinski definition) is 4. The van der Waals surface area contributed by atoms with Crippen molar-refractivity contribution in [3.63, 3.8) is 0 Å². The molecule has 0 aliphatic carbocycles. The number of benzene rings is 1. The van der Waals surface area contributed by atoms with Crippen LogP contribution >= 0.6 is 0 Å². The van der Waals surface area contributed by atoms with Gasteiger partial charge in [0.2, 0.25) is 0 Å². The minimum absolute atomic E-state index is 0.388. The molecule has 0 saturated carbocycles. The minimum Gasteiger partial charge on any atom is -0.493 e. The van der Waals surface area contributed by atoms with Crippen LogP contribution in [0.3, 0.4) is 0 Å². The number of nitrogens with one attached hydrogen (secondary N) is 2. The van der Waals surface area contributed by atoms with Gasteiger partial charge in [0.25, 0.3) is 0 Å². The molecule has 6 nitrogen and oxygen atoms in total. The summed E-state index contributed by atoms with van der Waals surface area (Å²) in [6.07, 6.45) is 1.05. The van der Waals surface area contributed by atoms with Crippen molar-refractivity contribution in [1.29, 1.82) is 0 Å². The van der Waals surface area contributed by atoms with Crippen molar-refractivity contribution in [2.24, 2.45) is 4.99 Å². The molecule has 0 saturated heterocycles. The minimum atomic E-state index is 0.388. The van der Waals surface area contributed by atoms with E-state index in [1.54, 1.807) is 7.11 Å². The number of ether oxygens (including phenoxy) is 2. The molecule has 0 bridgehead atoms. The maximum Gasteiger partial charge on any atom is 0.191 e. The SMILES string of the molecule is CCNC(=NCc1ccc(OCCN(CC)CC)c(OC)c1)NC(C)CC. The number of rotatable bonds is 12. The fourth-order valence-electron chi connectivity index (χ4n) is 2.58. The van der Waals surface area contributed by atoms with Crippen LogP contribution in [0.15, 0.2) is 23.2 Å². The summed E-state index contributed by atoms with van der Waals surface area (Å²) < 4.78 is 11.4. The van der Waals surface area contributed by atoms with Gasteiger partial charge < -0.3 is 25.0 Å². The van der Waals surface area contributed by atoms with Crippen LogP contribution < -0.4 is 20.1 Å². The first-order valence-corrected chi connectivity index (χ1v) is 10.1. The molecule has 154 valence electrons. The van der Waals surface area contributed by atoms with E-state index in [0.29, 0.717) is 19.2 Å². The molecule has 0 heterocycles. The van der Waals surface area contributed by atoms with Gasteiger partial charge in [-0.3, -0.25) is 0 Å². The molecule has 1 atom stereocenters. The first-order chi connectivity index (χ1) is 13.1. The average Bonchev–Trinajstić information content (AvgIpc) is 2.69. The second-order valence-electron chi connectivity index (χ2n) is 6.51. The number of nitrogens with zero attached hydrogens (tertiary/aromatic N) is 2. The summed E-state index contributed by atoms with van der Waals surface area (Å²) in [5, 5.41) is 6.69. The fourth-order valence-corrected chi connectivity index (χ4v) is 2.58. The lowest BCUT2D eigenvalue weighted by molar-refractivity contribution is 0.217. The maximum absolute atomic E-state index is 5.92. The van der Waals surface area contributed by atoms with Gasteiger partial charge in [0, 0.05) is 19.1 Å². The molecule has 0 amide bonds. The highest BCUT2D eigenvalue weighted by Gasteiger charge is 2.08. The quantitative estimate of drug-likeness (QED) is 0.432. The van der Waals surface area contributed by atoms with Crippen LogP contribution in [0.4, 0.5) is 0 Å². The van der Waals surface area contributed by atoms with Gasteiger partial charge in [0.15, 0.2) is 17.5 Å². The van der Waals surface area contributed by atoms with Crippen LogP contribution in [-0.4, -0.2) is 56.8 Å². The molecular weight excluding hydrogens is 340 g/mol. The summed E-state index contributed by atoms with van der Waals surface area (Å²) in [5.74, 6) is 2.37. The predicted octanol–water partition coefficient (Wildman–Crippen LogP) is 3.27. The summed E-state index contributed by atoms with van der Waals surface area (Å²) in [7, 11) is 1.67. The Morgan fingerprint density at radius 3 is 2.48 bits per heavy atom. The Labute approximate surface area is 165 Å². The third-order valence-corrected chi connectivity index (χ3v) is 4.55. The molecule has 1 aromatic carbocycles. The van der Waals surface area contributed by atoms with Crippen LogP contribution in [0.5, 0.6) is 11.5 Å². The highest BCUT2D eigenvalue weighted by molar-refractivity contribution is 5.80. The second kappa shape index (κ2) is 13.3. The zero-order chi connectivity index (χ0) is 20.1. The Bertz CT molecular complexity index is 559. The van der Waals surface area contributed by atoms with E-state index in [9.17, 15) is 0 Å². The Morgan fingerprint density at radius 1 is 1.15 bits per heavy atom. The van der Waals surface area contributed by atoms with Crippen molar-refractivity contribution in [2.45, 2.75) is 53.6 Å². The lowest BCUT2D eigenvalue weighted by Crippen LogP contribution is -2.41. The van der Waals surface area contributed by atoms with E-state index in [2.05, 4.69) is 55.1 Å². The fraction of sp³-hybridized carbons (Fsp3) is 0.667. The molecule has 0 aliphatic rings. The monoisotopic (exact) mass is 378 g/mol. The topological polar surface area (TPSA) is 58.1 Å². The summed E-state index contributed by atoms with van der Waals surface area (Å²) in [5.41, 5.74) is 1.09. The van der Waals surface area contributed by atoms with Crippen molar-refractivity contribution in [3.05, 3.63) is 23.8 Å². The third kappa shape index (κ3) is 8.52. The first-order valence-electron chi connectivity index (χ1n) is 10.1. The van der Waals surface area contributed by atoms with Gasteiger partial charge in [-0.1, -0.05) is 26.8 Å². The van der Waals surface area contributed by atoms with Crippen molar-refractivity contribution in [2.75, 3.05) is 39.9 Å². The van der Waals surface area contributed by atoms with E-state index >= 15 is 0 Å². The highest BCUT2D eigenvalue weighted by atomic mass is 16.5. The van der Waals surface area contributed by atoms with Gasteiger partial charge in [-0.2, -0.15) is 0 Å². The van der Waals surface area contributed by atoms with Crippen molar-refractivity contribution in [1.82, 2.24) is 15.5 Å². The number of methoxy groups -OCH3 is 1. The summed E-state index contributed by atoms with van der Waals surface area (Å²) in [6.45, 7) is 15.8. The van der Waals surface area contributed by atoms with Gasteiger partial charge >= 0.3 is 0 Å². The molecular formula is C21H38N4O2. The summed E-state index contributed by atoms with van der Waals surface area (Å²) >= 11 is 0. The van der Waals surface area contributed by atoms with E-state index in [1.807, 2.05) is 18.2 Å². The van der Waals surface area contributed by atoms with Crippen LogP contribution in [0, 0.1) is 0 Å². The molecule has 1 unspecified atom stereocenters. The predicted molar refractivity (Wildman–Crippen MR) is 114 cm³/mol. The van der Waals surface area contributed by atoms with Crippen LogP contribution in [0.1, 0.15) is 46.6 Å². The number of hydrogen-bond donors (Lipinski definition) is 2. The van der Waals surface area contributed by atoms with Crippen molar-refractivity contribution >= 4 is 5.96 Å². The van der Waals surface area contributed by atoms with Gasteiger partial charge in [0.05, 0.1) is 13.7 Å². The van der Waals surface area contributed by atoms with E-state index < -0.39 is 0 Å². The van der Waals surface area contributed by atoms with Gasteiger partial charge in [0.1, 0.15) is 6.61 Å². The van der Waals surface area contributed by atoms with Gasteiger partial charge in [-0.15, -0.1) is 0 Å². The number of aliphatic imine (C=N–C) groups is 1. The van der Waals surface area contributed by atoms with E-state index in [0.717, 1.165) is 55.6 Å². The molecule has 1 rings (SSSR count). The molecule has 2 N–H and O–H groups in total. The smallest absolute Gasteiger partial charge is 0.191 e. The summed E-state index contributed by atoms with van der Waals surface area (Å²) in [6, 6.07) is 6.41. The van der Waals surface area contributed by atoms with E-state index in [4.69, 9.17) is 9.47 Å². The Hall–Kier alpha value is -1.95. The number of guanidine groups is 1. The molecule has 27 heavy (non-hydrogen) atoms. The van der Waals surface area contributed by atoms with Crippen LogP contribution in [0.2, 0.25) is 0 Å². The highest BCUT2D eigenvalue weighted by Crippen LogP contribution is 2.28. The molecule has 0 spiro atoms. The standard InChI is InChI=1S/C21H38N4O2/c1-7-17(5)24-21(22-8-2)23-16-18-11-12-19(20(15-18)26-6)27-14-13-25(9-3)10-4/h11-12,15,17H,7-10,13-14,16H2,1-6H3,(H2,22,23,24). The van der Waals surface area contributed by atoms with E-state index in [1.165, 1.54) is 0 Å². The third-order valence-electron chi connectivity index (χ3n) is 4.55. The molecule has 1 aromatic rings. The Morgan fingerprint density at radius 2 is 1.89 bits per heavy atom. The largest absolute Gasteiger partial charge is 0.493 e. The normalized spacial score (nSPS) is 12.8. The molecule has 0 aromatic heterocycles. The molecule has 6 heteroatoms. The molecule has 0 radical (unpaired) electrons. The van der Waals surface area contributed by atoms with Crippen molar-refractivity contribution < 1.29 is 9.47 Å². The average molecular weight is 379 g/mol. The van der Waals surface area contributed by atoms with Crippen LogP contribution in [-0.2, 0) is 6.54 Å². The zero-order valence-electron chi connectivity index (χ0n) is 18.0. The maximum atomic E-state index is 5.92. The van der Waals surface area contributed by atoms with E-state index in [-0.39, 0.29) is 0 Å². The molecule has 0 fully saturated rings. The Kier molecular flexibility index (Phi) is 11.3. The number of likely N-dealkylation sites (N-methyl/N-ethyl adjacent to an activating group) is 1. The second-order valence-corrected chi connectivity index (χ2v) is 6.51. The lowest BCUT2D eigenvalue weighted by atomic mass is 10.2. The lowest BCUT2D eigenvalue weighted by Gasteiger charge is -2.19. The Balaban J connectivity index is 2.73. The van der Waals surface area contributed by atoms with Crippen molar-refractivity contribution in [3.8, 4) is 11.5 Å². The zero-order valence-corrected chi connectivity index (χ0v) is 18.0.